The summed E-state index contributed by atoms with van der Waals surface area (Å²) < 4.78 is 0. The smallest absolute Gasteiger partial charge is 0.269 e. The van der Waals surface area contributed by atoms with E-state index in [2.05, 4.69) is 16.0 Å². The van der Waals surface area contributed by atoms with Crippen molar-refractivity contribution in [2.75, 3.05) is 25.0 Å². The van der Waals surface area contributed by atoms with Gasteiger partial charge in [-0.3, -0.25) is 39.6 Å². The number of amides is 4. The van der Waals surface area contributed by atoms with Crippen LogP contribution in [0.1, 0.15) is 29.6 Å². The zero-order valence-electron chi connectivity index (χ0n) is 20.5. The van der Waals surface area contributed by atoms with Crippen LogP contribution in [-0.2, 0) is 14.4 Å². The Hall–Kier alpha value is -4.85. The molecule has 38 heavy (non-hydrogen) atoms. The van der Waals surface area contributed by atoms with Gasteiger partial charge in [-0.05, 0) is 37.1 Å². The summed E-state index contributed by atoms with van der Waals surface area (Å²) in [5, 5.41) is 25.8. The largest absolute Gasteiger partial charge is 0.370 e. The summed E-state index contributed by atoms with van der Waals surface area (Å²) >= 11 is 0. The fourth-order valence-electron chi connectivity index (χ4n) is 3.42. The van der Waals surface area contributed by atoms with Gasteiger partial charge in [-0.2, -0.15) is 0 Å². The number of nitro benzene ring substituents is 1. The van der Waals surface area contributed by atoms with E-state index in [0.717, 1.165) is 4.90 Å². The minimum absolute atomic E-state index is 0.0137. The van der Waals surface area contributed by atoms with E-state index in [1.807, 2.05) is 0 Å². The molecule has 8 N–H and O–H groups in total. The van der Waals surface area contributed by atoms with Crippen molar-refractivity contribution in [2.24, 2.45) is 11.5 Å². The zero-order chi connectivity index (χ0) is 28.1. The van der Waals surface area contributed by atoms with Crippen molar-refractivity contribution in [3.63, 3.8) is 0 Å². The second-order valence-corrected chi connectivity index (χ2v) is 8.04. The zero-order valence-corrected chi connectivity index (χ0v) is 20.5. The van der Waals surface area contributed by atoms with Crippen LogP contribution in [0.5, 0.6) is 0 Å². The highest BCUT2D eigenvalue weighted by atomic mass is 16.6. The maximum Gasteiger partial charge on any atom is 0.269 e. The van der Waals surface area contributed by atoms with E-state index in [1.165, 1.54) is 36.4 Å². The number of carbonyl (C=O) groups is 4. The third-order valence-corrected chi connectivity index (χ3v) is 5.25. The first-order valence-electron chi connectivity index (χ1n) is 11.7. The minimum Gasteiger partial charge on any atom is -0.370 e. The van der Waals surface area contributed by atoms with Gasteiger partial charge in [-0.1, -0.05) is 18.2 Å². The minimum atomic E-state index is -1.33. The second kappa shape index (κ2) is 14.6. The number of anilines is 1. The van der Waals surface area contributed by atoms with Gasteiger partial charge in [0, 0.05) is 42.9 Å². The average molecular weight is 527 g/mol. The second-order valence-electron chi connectivity index (χ2n) is 8.04. The molecule has 2 aromatic carbocycles. The Labute approximate surface area is 218 Å². The van der Waals surface area contributed by atoms with Gasteiger partial charge in [0.1, 0.15) is 6.04 Å². The standard InChI is InChI=1S/C24H30N8O6/c25-13-12-20(33)29-15-21(34)31(23(36)16-5-2-1-3-6-16)19(7-4-14-28-24(26)27)22(35)30-17-8-10-18(11-9-17)32(37)38/h1-3,5-6,8-11,19H,4,7,12-15,25H2,(H,29,33)(H,30,35)(H4,26,27,28)/t19-/m0/s1. The van der Waals surface area contributed by atoms with Crippen LogP contribution in [0.2, 0.25) is 0 Å². The number of rotatable bonds is 13. The van der Waals surface area contributed by atoms with Crippen molar-refractivity contribution in [1.29, 1.82) is 5.41 Å². The number of benzene rings is 2. The Bertz CT molecular complexity index is 1160. The fraction of sp³-hybridized carbons (Fsp3) is 0.292. The number of guanidine groups is 1. The molecule has 0 spiro atoms. The van der Waals surface area contributed by atoms with Crippen LogP contribution < -0.4 is 27.4 Å². The Balaban J connectivity index is 2.38. The molecule has 0 heterocycles. The number of nitrogens with zero attached hydrogens (tertiary/aromatic N) is 2. The van der Waals surface area contributed by atoms with E-state index < -0.39 is 41.1 Å². The Morgan fingerprint density at radius 2 is 1.68 bits per heavy atom. The number of non-ortho nitro benzene ring substituents is 1. The summed E-state index contributed by atoms with van der Waals surface area (Å²) in [6.07, 6.45) is 0.199. The summed E-state index contributed by atoms with van der Waals surface area (Å²) in [5.74, 6) is -3.09. The van der Waals surface area contributed by atoms with Crippen LogP contribution in [0.3, 0.4) is 0 Å². The highest BCUT2D eigenvalue weighted by Gasteiger charge is 2.35. The predicted molar refractivity (Wildman–Crippen MR) is 139 cm³/mol. The lowest BCUT2D eigenvalue weighted by molar-refractivity contribution is -0.384. The quantitative estimate of drug-likeness (QED) is 0.0692. The molecule has 2 rings (SSSR count). The molecule has 2 aromatic rings. The molecule has 0 saturated carbocycles. The molecule has 4 amide bonds. The molecule has 0 bridgehead atoms. The summed E-state index contributed by atoms with van der Waals surface area (Å²) in [5.41, 5.74) is 10.8. The molecule has 0 aromatic heterocycles. The highest BCUT2D eigenvalue weighted by molar-refractivity contribution is 6.10. The topological polar surface area (TPSA) is 227 Å². The van der Waals surface area contributed by atoms with Crippen LogP contribution in [0.25, 0.3) is 0 Å². The van der Waals surface area contributed by atoms with E-state index in [4.69, 9.17) is 16.9 Å². The highest BCUT2D eigenvalue weighted by Crippen LogP contribution is 2.19. The summed E-state index contributed by atoms with van der Waals surface area (Å²) in [7, 11) is 0. The summed E-state index contributed by atoms with van der Waals surface area (Å²) in [6.45, 7) is -0.300. The maximum absolute atomic E-state index is 13.5. The first-order valence-corrected chi connectivity index (χ1v) is 11.7. The molecule has 0 radical (unpaired) electrons. The molecule has 0 aliphatic carbocycles. The van der Waals surface area contributed by atoms with E-state index in [-0.39, 0.29) is 55.2 Å². The van der Waals surface area contributed by atoms with Gasteiger partial charge in [-0.25, -0.2) is 0 Å². The van der Waals surface area contributed by atoms with Gasteiger partial charge in [0.25, 0.3) is 11.6 Å². The van der Waals surface area contributed by atoms with Gasteiger partial charge in [0.05, 0.1) is 11.5 Å². The number of nitrogens with one attached hydrogen (secondary N) is 4. The molecule has 0 unspecified atom stereocenters. The number of nitrogens with two attached hydrogens (primary N) is 2. The van der Waals surface area contributed by atoms with Crippen molar-refractivity contribution in [3.05, 3.63) is 70.3 Å². The summed E-state index contributed by atoms with van der Waals surface area (Å²) in [4.78, 5) is 63.1. The van der Waals surface area contributed by atoms with E-state index in [1.54, 1.807) is 18.2 Å². The molecular weight excluding hydrogens is 496 g/mol. The van der Waals surface area contributed by atoms with Crippen molar-refractivity contribution in [2.45, 2.75) is 25.3 Å². The lowest BCUT2D eigenvalue weighted by Crippen LogP contribution is -2.53. The molecule has 14 heteroatoms. The van der Waals surface area contributed by atoms with Crippen molar-refractivity contribution in [1.82, 2.24) is 15.5 Å². The molecular formula is C24H30N8O6. The molecule has 0 aliphatic heterocycles. The number of hydrogen-bond donors (Lipinski definition) is 6. The van der Waals surface area contributed by atoms with E-state index >= 15 is 0 Å². The normalized spacial score (nSPS) is 11.1. The number of carbonyl (C=O) groups excluding carboxylic acids is 4. The summed E-state index contributed by atoms with van der Waals surface area (Å²) in [6, 6.07) is 11.6. The van der Waals surface area contributed by atoms with Crippen molar-refractivity contribution < 1.29 is 24.1 Å². The molecule has 0 saturated heterocycles. The molecule has 0 aliphatic rings. The van der Waals surface area contributed by atoms with Gasteiger partial charge in [-0.15, -0.1) is 0 Å². The maximum atomic E-state index is 13.5. The average Bonchev–Trinajstić information content (AvgIpc) is 2.89. The Kier molecular flexibility index (Phi) is 11.3. The van der Waals surface area contributed by atoms with Gasteiger partial charge in [0.15, 0.2) is 5.96 Å². The molecule has 1 atom stereocenters. The third kappa shape index (κ3) is 8.98. The van der Waals surface area contributed by atoms with Crippen LogP contribution in [0, 0.1) is 15.5 Å². The molecule has 0 fully saturated rings. The van der Waals surface area contributed by atoms with Gasteiger partial charge < -0.3 is 27.4 Å². The lowest BCUT2D eigenvalue weighted by Gasteiger charge is -2.30. The molecule has 14 nitrogen and oxygen atoms in total. The predicted octanol–water partition coefficient (Wildman–Crippen LogP) is 0.299. The number of hydrogen-bond acceptors (Lipinski definition) is 8. The lowest BCUT2D eigenvalue weighted by atomic mass is 10.1. The van der Waals surface area contributed by atoms with E-state index in [9.17, 15) is 29.3 Å². The van der Waals surface area contributed by atoms with Crippen LogP contribution in [-0.4, -0.2) is 65.1 Å². The fourth-order valence-corrected chi connectivity index (χ4v) is 3.42. The Morgan fingerprint density at radius 1 is 1.03 bits per heavy atom. The first kappa shape index (κ1) is 29.4. The first-order chi connectivity index (χ1) is 18.1. The monoisotopic (exact) mass is 526 g/mol. The van der Waals surface area contributed by atoms with Gasteiger partial charge >= 0.3 is 0 Å². The number of imide groups is 1. The van der Waals surface area contributed by atoms with Crippen molar-refractivity contribution >= 4 is 41.0 Å². The van der Waals surface area contributed by atoms with Crippen molar-refractivity contribution in [3.8, 4) is 0 Å². The SMILES string of the molecule is N=C(N)NCCC[C@@H](C(=O)Nc1ccc([N+](=O)[O-])cc1)N(C(=O)CNC(=O)CCN)C(=O)c1ccccc1. The van der Waals surface area contributed by atoms with Crippen LogP contribution in [0.15, 0.2) is 54.6 Å². The molecule has 202 valence electrons. The number of nitro groups is 1. The van der Waals surface area contributed by atoms with Crippen LogP contribution >= 0.6 is 0 Å². The third-order valence-electron chi connectivity index (χ3n) is 5.25. The van der Waals surface area contributed by atoms with Gasteiger partial charge in [0.2, 0.25) is 17.7 Å². The van der Waals surface area contributed by atoms with Crippen LogP contribution in [0.4, 0.5) is 11.4 Å². The van der Waals surface area contributed by atoms with E-state index in [0.29, 0.717) is 0 Å². The Morgan fingerprint density at radius 3 is 2.26 bits per heavy atom.